The largest absolute Gasteiger partial charge is 0.403 e. The summed E-state index contributed by atoms with van der Waals surface area (Å²) in [5, 5.41) is 0.716. The second kappa shape index (κ2) is 4.48. The number of halogens is 1. The molecule has 0 bridgehead atoms. The lowest BCUT2D eigenvalue weighted by Gasteiger charge is -2.03. The Morgan fingerprint density at radius 2 is 2.11 bits per heavy atom. The Balaban J connectivity index is 2.31. The van der Waals surface area contributed by atoms with E-state index in [4.69, 9.17) is 16.0 Å². The average Bonchev–Trinajstić information content (AvgIpc) is 2.40. The van der Waals surface area contributed by atoms with Gasteiger partial charge in [-0.05, 0) is 31.2 Å². The highest BCUT2D eigenvalue weighted by Crippen LogP contribution is 2.24. The van der Waals surface area contributed by atoms with Crippen LogP contribution in [0.1, 0.15) is 5.56 Å². The highest BCUT2D eigenvalue weighted by Gasteiger charge is 2.11. The van der Waals surface area contributed by atoms with E-state index >= 15 is 0 Å². The van der Waals surface area contributed by atoms with E-state index in [1.165, 1.54) is 0 Å². The maximum absolute atomic E-state index is 12.0. The van der Waals surface area contributed by atoms with Crippen LogP contribution in [0.25, 0.3) is 22.4 Å². The van der Waals surface area contributed by atoms with E-state index < -0.39 is 5.63 Å². The van der Waals surface area contributed by atoms with Crippen LogP contribution in [0.2, 0.25) is 5.15 Å². The molecule has 0 amide bonds. The highest BCUT2D eigenvalue weighted by atomic mass is 35.5. The molecule has 0 aliphatic rings. The summed E-state index contributed by atoms with van der Waals surface area (Å²) in [5.74, 6) is 0.180. The van der Waals surface area contributed by atoms with Gasteiger partial charge in [-0.2, -0.15) is 0 Å². The molecule has 0 atom stereocenters. The van der Waals surface area contributed by atoms with E-state index in [0.717, 1.165) is 5.56 Å². The van der Waals surface area contributed by atoms with Crippen LogP contribution in [0.4, 0.5) is 0 Å². The van der Waals surface area contributed by atoms with Gasteiger partial charge in [0.1, 0.15) is 5.15 Å². The van der Waals surface area contributed by atoms with Gasteiger partial charge in [0.15, 0.2) is 0 Å². The lowest BCUT2D eigenvalue weighted by atomic mass is 10.2. The van der Waals surface area contributed by atoms with Gasteiger partial charge in [-0.15, -0.1) is 0 Å². The van der Waals surface area contributed by atoms with Crippen molar-refractivity contribution in [2.24, 2.45) is 0 Å². The maximum atomic E-state index is 12.0. The summed E-state index contributed by atoms with van der Waals surface area (Å²) in [6, 6.07) is 8.85. The number of nitrogens with zero attached hydrogens (tertiary/aromatic N) is 2. The molecule has 2 heterocycles. The fraction of sp³-hybridized carbons (Fsp3) is 0.0714. The topological polar surface area (TPSA) is 56.0 Å². The molecule has 19 heavy (non-hydrogen) atoms. The van der Waals surface area contributed by atoms with Crippen molar-refractivity contribution in [2.75, 3.05) is 0 Å². The maximum Gasteiger partial charge on any atom is 0.347 e. The molecule has 0 aliphatic carbocycles. The quantitative estimate of drug-likeness (QED) is 0.638. The van der Waals surface area contributed by atoms with Crippen molar-refractivity contribution >= 4 is 22.5 Å². The molecule has 0 spiro atoms. The molecule has 3 rings (SSSR count). The Hall–Kier alpha value is -2.20. The van der Waals surface area contributed by atoms with Gasteiger partial charge >= 0.3 is 5.63 Å². The zero-order chi connectivity index (χ0) is 13.4. The average molecular weight is 273 g/mol. The van der Waals surface area contributed by atoms with Crippen molar-refractivity contribution in [3.8, 4) is 11.5 Å². The third-order valence-electron chi connectivity index (χ3n) is 2.77. The molecule has 0 N–H and O–H groups in total. The van der Waals surface area contributed by atoms with Gasteiger partial charge in [0, 0.05) is 6.20 Å². The molecular formula is C14H9ClN2O2. The van der Waals surface area contributed by atoms with E-state index in [2.05, 4.69) is 9.97 Å². The number of rotatable bonds is 1. The van der Waals surface area contributed by atoms with Crippen LogP contribution in [-0.2, 0) is 0 Å². The Morgan fingerprint density at radius 1 is 1.26 bits per heavy atom. The molecular weight excluding hydrogens is 264 g/mol. The number of pyridine rings is 1. The van der Waals surface area contributed by atoms with E-state index in [0.29, 0.717) is 16.5 Å². The van der Waals surface area contributed by atoms with Gasteiger partial charge in [-0.3, -0.25) is 0 Å². The van der Waals surface area contributed by atoms with Crippen molar-refractivity contribution in [2.45, 2.75) is 6.92 Å². The molecule has 94 valence electrons. The van der Waals surface area contributed by atoms with Gasteiger partial charge in [0.2, 0.25) is 5.89 Å². The summed E-state index contributed by atoms with van der Waals surface area (Å²) < 4.78 is 5.22. The first kappa shape index (κ1) is 11.9. The Morgan fingerprint density at radius 3 is 2.89 bits per heavy atom. The number of benzene rings is 1. The monoisotopic (exact) mass is 272 g/mol. The molecule has 0 fully saturated rings. The van der Waals surface area contributed by atoms with Crippen LogP contribution in [0.3, 0.4) is 0 Å². The van der Waals surface area contributed by atoms with E-state index in [9.17, 15) is 4.79 Å². The molecule has 0 radical (unpaired) electrons. The SMILES string of the molecule is Cc1ccc2nc(-c3cccnc3Cl)oc(=O)c2c1. The van der Waals surface area contributed by atoms with Gasteiger partial charge in [0.05, 0.1) is 16.5 Å². The summed E-state index contributed by atoms with van der Waals surface area (Å²) in [5.41, 5.74) is 1.64. The van der Waals surface area contributed by atoms with Crippen LogP contribution in [0, 0.1) is 6.92 Å². The Kier molecular flexibility index (Phi) is 2.80. The van der Waals surface area contributed by atoms with Crippen molar-refractivity contribution < 1.29 is 4.42 Å². The molecule has 0 aliphatic heterocycles. The molecule has 2 aromatic heterocycles. The molecule has 0 unspecified atom stereocenters. The van der Waals surface area contributed by atoms with Crippen molar-refractivity contribution in [3.05, 3.63) is 57.7 Å². The Bertz CT molecular complexity index is 827. The van der Waals surface area contributed by atoms with Crippen LogP contribution in [0.15, 0.2) is 45.7 Å². The van der Waals surface area contributed by atoms with Crippen molar-refractivity contribution in [3.63, 3.8) is 0 Å². The number of hydrogen-bond acceptors (Lipinski definition) is 4. The summed E-state index contributed by atoms with van der Waals surface area (Å²) in [6.07, 6.45) is 1.56. The third-order valence-corrected chi connectivity index (χ3v) is 3.07. The molecule has 0 saturated carbocycles. The fourth-order valence-corrected chi connectivity index (χ4v) is 2.05. The standard InChI is InChI=1S/C14H9ClN2O2/c1-8-4-5-11-10(7-8)14(18)19-13(17-11)9-3-2-6-16-12(9)15/h2-7H,1H3. The molecule has 0 saturated heterocycles. The smallest absolute Gasteiger partial charge is 0.347 e. The summed E-state index contributed by atoms with van der Waals surface area (Å²) in [7, 11) is 0. The van der Waals surface area contributed by atoms with Gasteiger partial charge in [0.25, 0.3) is 0 Å². The lowest BCUT2D eigenvalue weighted by molar-refractivity contribution is 0.518. The predicted molar refractivity (Wildman–Crippen MR) is 73.3 cm³/mol. The predicted octanol–water partition coefficient (Wildman–Crippen LogP) is 3.21. The van der Waals surface area contributed by atoms with Crippen LogP contribution >= 0.6 is 11.6 Å². The first-order valence-electron chi connectivity index (χ1n) is 5.67. The second-order valence-electron chi connectivity index (χ2n) is 4.17. The number of aromatic nitrogens is 2. The van der Waals surface area contributed by atoms with E-state index in [1.54, 1.807) is 30.5 Å². The zero-order valence-corrected chi connectivity index (χ0v) is 10.8. The van der Waals surface area contributed by atoms with Gasteiger partial charge < -0.3 is 4.42 Å². The molecule has 4 nitrogen and oxygen atoms in total. The summed E-state index contributed by atoms with van der Waals surface area (Å²) >= 11 is 5.97. The first-order chi connectivity index (χ1) is 9.15. The number of fused-ring (bicyclic) bond motifs is 1. The summed E-state index contributed by atoms with van der Waals surface area (Å²) in [4.78, 5) is 20.2. The highest BCUT2D eigenvalue weighted by molar-refractivity contribution is 6.31. The normalized spacial score (nSPS) is 10.8. The third kappa shape index (κ3) is 2.11. The van der Waals surface area contributed by atoms with Crippen LogP contribution in [0.5, 0.6) is 0 Å². The van der Waals surface area contributed by atoms with E-state index in [-0.39, 0.29) is 11.0 Å². The van der Waals surface area contributed by atoms with Crippen molar-refractivity contribution in [1.29, 1.82) is 0 Å². The first-order valence-corrected chi connectivity index (χ1v) is 6.05. The minimum absolute atomic E-state index is 0.180. The van der Waals surface area contributed by atoms with E-state index in [1.807, 2.05) is 13.0 Å². The summed E-state index contributed by atoms with van der Waals surface area (Å²) in [6.45, 7) is 1.91. The number of aryl methyl sites for hydroxylation is 1. The minimum atomic E-state index is -0.427. The van der Waals surface area contributed by atoms with Crippen molar-refractivity contribution in [1.82, 2.24) is 9.97 Å². The molecule has 3 aromatic rings. The fourth-order valence-electron chi connectivity index (χ4n) is 1.85. The molecule has 1 aromatic carbocycles. The van der Waals surface area contributed by atoms with Gasteiger partial charge in [-0.1, -0.05) is 23.2 Å². The number of hydrogen-bond donors (Lipinski definition) is 0. The van der Waals surface area contributed by atoms with Gasteiger partial charge in [-0.25, -0.2) is 14.8 Å². The Labute approximate surface area is 113 Å². The van der Waals surface area contributed by atoms with Crippen LogP contribution < -0.4 is 5.63 Å². The minimum Gasteiger partial charge on any atom is -0.403 e. The van der Waals surface area contributed by atoms with Crippen LogP contribution in [-0.4, -0.2) is 9.97 Å². The lowest BCUT2D eigenvalue weighted by Crippen LogP contribution is -2.03. The molecule has 5 heteroatoms. The second-order valence-corrected chi connectivity index (χ2v) is 4.53. The zero-order valence-electron chi connectivity index (χ0n) is 10.1.